The minimum absolute atomic E-state index is 0.149. The predicted octanol–water partition coefficient (Wildman–Crippen LogP) is 3.42. The normalized spacial score (nSPS) is 12.3. The van der Waals surface area contributed by atoms with Crippen molar-refractivity contribution in [3.8, 4) is 11.5 Å². The fourth-order valence-corrected chi connectivity index (χ4v) is 2.73. The summed E-state index contributed by atoms with van der Waals surface area (Å²) in [4.78, 5) is 2.24. The Hall–Kier alpha value is -2.04. The van der Waals surface area contributed by atoms with Gasteiger partial charge in [-0.3, -0.25) is 4.90 Å². The first kappa shape index (κ1) is 18.3. The summed E-state index contributed by atoms with van der Waals surface area (Å²) in [5, 5.41) is 19.8. The van der Waals surface area contributed by atoms with Gasteiger partial charge in [0.15, 0.2) is 11.5 Å². The Balaban J connectivity index is 2.16. The summed E-state index contributed by atoms with van der Waals surface area (Å²) in [6, 6.07) is 15.8. The molecule has 0 radical (unpaired) electrons. The lowest BCUT2D eigenvalue weighted by Gasteiger charge is -2.26. The molecule has 0 aliphatic carbocycles. The van der Waals surface area contributed by atoms with E-state index in [2.05, 4.69) is 17.0 Å². The lowest BCUT2D eigenvalue weighted by Crippen LogP contribution is -2.29. The lowest BCUT2D eigenvalue weighted by atomic mass is 10.1. The fourth-order valence-electron chi connectivity index (χ4n) is 2.73. The second-order valence-corrected chi connectivity index (χ2v) is 6.14. The maximum absolute atomic E-state index is 10.4. The number of hydrogen-bond donors (Lipinski definition) is 2. The molecule has 0 amide bonds. The summed E-state index contributed by atoms with van der Waals surface area (Å²) in [6.45, 7) is 6.72. The lowest BCUT2D eigenvalue weighted by molar-refractivity contribution is 0.162. The van der Waals surface area contributed by atoms with Gasteiger partial charge in [-0.1, -0.05) is 49.4 Å². The largest absolute Gasteiger partial charge is 0.504 e. The molecule has 0 aliphatic rings. The van der Waals surface area contributed by atoms with Gasteiger partial charge in [0.2, 0.25) is 0 Å². The third kappa shape index (κ3) is 5.25. The van der Waals surface area contributed by atoms with Gasteiger partial charge in [-0.15, -0.1) is 0 Å². The van der Waals surface area contributed by atoms with Crippen LogP contribution in [0.25, 0.3) is 0 Å². The van der Waals surface area contributed by atoms with Gasteiger partial charge >= 0.3 is 0 Å². The van der Waals surface area contributed by atoms with E-state index in [0.717, 1.165) is 18.7 Å². The van der Waals surface area contributed by atoms with E-state index < -0.39 is 0 Å². The van der Waals surface area contributed by atoms with Crippen LogP contribution in [-0.2, 0) is 13.1 Å². The Morgan fingerprint density at radius 2 is 1.79 bits per heavy atom. The van der Waals surface area contributed by atoms with Crippen LogP contribution in [0.2, 0.25) is 0 Å². The van der Waals surface area contributed by atoms with Crippen molar-refractivity contribution in [3.63, 3.8) is 0 Å². The van der Waals surface area contributed by atoms with E-state index >= 15 is 0 Å². The zero-order valence-electron chi connectivity index (χ0n) is 14.5. The van der Waals surface area contributed by atoms with Gasteiger partial charge in [-0.2, -0.15) is 0 Å². The van der Waals surface area contributed by atoms with Crippen LogP contribution in [0.4, 0.5) is 0 Å². The van der Waals surface area contributed by atoms with Crippen molar-refractivity contribution >= 4 is 0 Å². The SMILES string of the molecule is CCOc1cccc(CN(Cc2ccccc2)C[C@@H](C)CO)c1O. The minimum atomic E-state index is 0.149. The first-order valence-electron chi connectivity index (χ1n) is 8.44. The third-order valence-electron chi connectivity index (χ3n) is 3.91. The molecule has 2 aromatic carbocycles. The molecule has 2 N–H and O–H groups in total. The smallest absolute Gasteiger partial charge is 0.162 e. The zero-order chi connectivity index (χ0) is 17.4. The number of hydrogen-bond acceptors (Lipinski definition) is 4. The van der Waals surface area contributed by atoms with Crippen LogP contribution >= 0.6 is 0 Å². The van der Waals surface area contributed by atoms with Gasteiger partial charge in [0, 0.05) is 31.8 Å². The highest BCUT2D eigenvalue weighted by Crippen LogP contribution is 2.31. The van der Waals surface area contributed by atoms with Gasteiger partial charge in [-0.05, 0) is 24.5 Å². The van der Waals surface area contributed by atoms with E-state index in [-0.39, 0.29) is 18.3 Å². The van der Waals surface area contributed by atoms with Crippen molar-refractivity contribution in [2.24, 2.45) is 5.92 Å². The number of aromatic hydroxyl groups is 1. The van der Waals surface area contributed by atoms with Gasteiger partial charge < -0.3 is 14.9 Å². The Bertz CT molecular complexity index is 616. The van der Waals surface area contributed by atoms with E-state index in [9.17, 15) is 10.2 Å². The Labute approximate surface area is 144 Å². The van der Waals surface area contributed by atoms with Crippen molar-refractivity contribution in [1.82, 2.24) is 4.90 Å². The van der Waals surface area contributed by atoms with Crippen LogP contribution in [-0.4, -0.2) is 34.9 Å². The van der Waals surface area contributed by atoms with E-state index in [1.165, 1.54) is 5.56 Å². The molecule has 0 aliphatic heterocycles. The number of aliphatic hydroxyl groups excluding tert-OH is 1. The minimum Gasteiger partial charge on any atom is -0.504 e. The first-order valence-corrected chi connectivity index (χ1v) is 8.44. The number of phenols is 1. The van der Waals surface area contributed by atoms with Crippen LogP contribution in [0, 0.1) is 5.92 Å². The van der Waals surface area contributed by atoms with Crippen molar-refractivity contribution in [2.75, 3.05) is 19.8 Å². The Morgan fingerprint density at radius 1 is 1.04 bits per heavy atom. The summed E-state index contributed by atoms with van der Waals surface area (Å²) < 4.78 is 5.47. The molecule has 0 heterocycles. The topological polar surface area (TPSA) is 52.9 Å². The summed E-state index contributed by atoms with van der Waals surface area (Å²) in [5.74, 6) is 0.893. The molecule has 0 fully saturated rings. The van der Waals surface area contributed by atoms with Gasteiger partial charge in [0.05, 0.1) is 6.61 Å². The molecular weight excluding hydrogens is 302 g/mol. The van der Waals surface area contributed by atoms with Crippen LogP contribution in [0.15, 0.2) is 48.5 Å². The Morgan fingerprint density at radius 3 is 2.46 bits per heavy atom. The first-order chi connectivity index (χ1) is 11.6. The molecule has 0 unspecified atom stereocenters. The maximum Gasteiger partial charge on any atom is 0.162 e. The molecule has 0 saturated carbocycles. The molecule has 4 heteroatoms. The highest BCUT2D eigenvalue weighted by Gasteiger charge is 2.15. The van der Waals surface area contributed by atoms with Gasteiger partial charge in [0.1, 0.15) is 0 Å². The number of rotatable bonds is 9. The average Bonchev–Trinajstić information content (AvgIpc) is 2.59. The molecule has 2 aromatic rings. The monoisotopic (exact) mass is 329 g/mol. The van der Waals surface area contributed by atoms with Crippen LogP contribution < -0.4 is 4.74 Å². The molecule has 24 heavy (non-hydrogen) atoms. The number of benzene rings is 2. The Kier molecular flexibility index (Phi) is 7.09. The van der Waals surface area contributed by atoms with E-state index in [1.807, 2.05) is 44.2 Å². The number of aliphatic hydroxyl groups is 1. The zero-order valence-corrected chi connectivity index (χ0v) is 14.5. The quantitative estimate of drug-likeness (QED) is 0.740. The van der Waals surface area contributed by atoms with Crippen LogP contribution in [0.3, 0.4) is 0 Å². The average molecular weight is 329 g/mol. The number of ether oxygens (including phenoxy) is 1. The molecule has 1 atom stereocenters. The van der Waals surface area contributed by atoms with Gasteiger partial charge in [-0.25, -0.2) is 0 Å². The second kappa shape index (κ2) is 9.30. The van der Waals surface area contributed by atoms with E-state index in [4.69, 9.17) is 4.74 Å². The van der Waals surface area contributed by atoms with Crippen molar-refractivity contribution in [2.45, 2.75) is 26.9 Å². The molecular formula is C20H27NO3. The molecule has 2 rings (SSSR count). The van der Waals surface area contributed by atoms with Crippen LogP contribution in [0.1, 0.15) is 25.0 Å². The van der Waals surface area contributed by atoms with Crippen molar-refractivity contribution < 1.29 is 14.9 Å². The standard InChI is InChI=1S/C20H27NO3/c1-3-24-19-11-7-10-18(20(19)23)14-21(12-16(2)15-22)13-17-8-5-4-6-9-17/h4-11,16,22-23H,3,12-15H2,1-2H3/t16-/m1/s1. The number of nitrogens with zero attached hydrogens (tertiary/aromatic N) is 1. The fraction of sp³-hybridized carbons (Fsp3) is 0.400. The summed E-state index contributed by atoms with van der Waals surface area (Å²) in [5.41, 5.74) is 2.05. The molecule has 0 aromatic heterocycles. The third-order valence-corrected chi connectivity index (χ3v) is 3.91. The number of phenolic OH excluding ortho intramolecular Hbond substituents is 1. The predicted molar refractivity (Wildman–Crippen MR) is 96.1 cm³/mol. The van der Waals surface area contributed by atoms with Crippen LogP contribution in [0.5, 0.6) is 11.5 Å². The van der Waals surface area contributed by atoms with Crippen molar-refractivity contribution in [3.05, 3.63) is 59.7 Å². The molecule has 130 valence electrons. The molecule has 0 saturated heterocycles. The van der Waals surface area contributed by atoms with E-state index in [1.54, 1.807) is 6.07 Å². The number of para-hydroxylation sites is 1. The summed E-state index contributed by atoms with van der Waals surface area (Å²) >= 11 is 0. The maximum atomic E-state index is 10.4. The highest BCUT2D eigenvalue weighted by molar-refractivity contribution is 5.45. The van der Waals surface area contributed by atoms with Gasteiger partial charge in [0.25, 0.3) is 0 Å². The molecule has 0 spiro atoms. The molecule has 0 bridgehead atoms. The van der Waals surface area contributed by atoms with Crippen molar-refractivity contribution in [1.29, 1.82) is 0 Å². The summed E-state index contributed by atoms with van der Waals surface area (Å²) in [7, 11) is 0. The van der Waals surface area contributed by atoms with E-state index in [0.29, 0.717) is 18.9 Å². The molecule has 4 nitrogen and oxygen atoms in total. The summed E-state index contributed by atoms with van der Waals surface area (Å²) in [6.07, 6.45) is 0. The highest BCUT2D eigenvalue weighted by atomic mass is 16.5. The second-order valence-electron chi connectivity index (χ2n) is 6.14.